The van der Waals surface area contributed by atoms with E-state index in [1.165, 1.54) is 11.8 Å². The van der Waals surface area contributed by atoms with Gasteiger partial charge in [-0.1, -0.05) is 105 Å². The van der Waals surface area contributed by atoms with E-state index >= 15 is 0 Å². The third-order valence-corrected chi connectivity index (χ3v) is 8.09. The summed E-state index contributed by atoms with van der Waals surface area (Å²) < 4.78 is 0.535. The van der Waals surface area contributed by atoms with Crippen molar-refractivity contribution in [2.45, 2.75) is 46.1 Å². The molecule has 2 aliphatic rings. The fraction of sp³-hybridized carbons (Fsp3) is 0.346. The second-order valence-corrected chi connectivity index (χ2v) is 10.5. The smallest absolute Gasteiger partial charge is 0.267 e. The van der Waals surface area contributed by atoms with Crippen molar-refractivity contribution < 1.29 is 9.59 Å². The van der Waals surface area contributed by atoms with Crippen LogP contribution >= 0.6 is 35.6 Å². The van der Waals surface area contributed by atoms with Gasteiger partial charge in [-0.2, -0.15) is 0 Å². The van der Waals surface area contributed by atoms with Gasteiger partial charge in [-0.25, -0.2) is 0 Å². The van der Waals surface area contributed by atoms with Gasteiger partial charge in [-0.15, -0.1) is 0 Å². The summed E-state index contributed by atoms with van der Waals surface area (Å²) in [4.78, 5) is 30.9. The Balaban J connectivity index is 1.67. The molecule has 2 heterocycles. The molecular formula is C26H27ClN2O2S2. The average Bonchev–Trinajstić information content (AvgIpc) is 3.25. The Morgan fingerprint density at radius 2 is 1.73 bits per heavy atom. The van der Waals surface area contributed by atoms with E-state index in [-0.39, 0.29) is 11.8 Å². The van der Waals surface area contributed by atoms with Crippen LogP contribution in [0.15, 0.2) is 53.4 Å². The van der Waals surface area contributed by atoms with E-state index in [0.717, 1.165) is 42.5 Å². The molecule has 33 heavy (non-hydrogen) atoms. The van der Waals surface area contributed by atoms with Gasteiger partial charge in [-0.3, -0.25) is 14.5 Å². The normalized spacial score (nSPS) is 18.9. The SMILES string of the molecule is CCCC[C@@H](CC)CN1C(=O)/C(=C2/C(=O)N(Cc3ccccc3Cl)c3ccccc32)SC1=S. The molecule has 0 bridgehead atoms. The van der Waals surface area contributed by atoms with E-state index < -0.39 is 0 Å². The quantitative estimate of drug-likeness (QED) is 0.301. The Labute approximate surface area is 210 Å². The van der Waals surface area contributed by atoms with Gasteiger partial charge in [0.2, 0.25) is 0 Å². The highest BCUT2D eigenvalue weighted by atomic mass is 35.5. The predicted molar refractivity (Wildman–Crippen MR) is 141 cm³/mol. The van der Waals surface area contributed by atoms with Crippen molar-refractivity contribution in [2.75, 3.05) is 11.4 Å². The lowest BCUT2D eigenvalue weighted by Crippen LogP contribution is -2.33. The molecule has 2 aliphatic heterocycles. The van der Waals surface area contributed by atoms with Crippen molar-refractivity contribution in [3.05, 3.63) is 69.6 Å². The van der Waals surface area contributed by atoms with Crippen LogP contribution in [0.1, 0.15) is 50.7 Å². The van der Waals surface area contributed by atoms with Crippen molar-refractivity contribution in [3.63, 3.8) is 0 Å². The van der Waals surface area contributed by atoms with Crippen LogP contribution in [0, 0.1) is 5.92 Å². The average molecular weight is 499 g/mol. The van der Waals surface area contributed by atoms with Gasteiger partial charge in [0.15, 0.2) is 0 Å². The third kappa shape index (κ3) is 4.75. The summed E-state index contributed by atoms with van der Waals surface area (Å²) >= 11 is 13.2. The minimum Gasteiger partial charge on any atom is -0.303 e. The lowest BCUT2D eigenvalue weighted by atomic mass is 9.98. The lowest BCUT2D eigenvalue weighted by Gasteiger charge is -2.21. The maximum Gasteiger partial charge on any atom is 0.267 e. The second-order valence-electron chi connectivity index (χ2n) is 8.40. The number of nitrogens with zero attached hydrogens (tertiary/aromatic N) is 2. The minimum absolute atomic E-state index is 0.155. The highest BCUT2D eigenvalue weighted by molar-refractivity contribution is 8.26. The zero-order valence-electron chi connectivity index (χ0n) is 18.8. The zero-order chi connectivity index (χ0) is 23.5. The number of hydrogen-bond acceptors (Lipinski definition) is 4. The molecule has 1 saturated heterocycles. The Morgan fingerprint density at radius 1 is 1.00 bits per heavy atom. The van der Waals surface area contributed by atoms with E-state index in [1.54, 1.807) is 9.80 Å². The summed E-state index contributed by atoms with van der Waals surface area (Å²) in [7, 11) is 0. The Hall–Kier alpha value is -2.15. The predicted octanol–water partition coefficient (Wildman–Crippen LogP) is 6.67. The molecule has 0 aromatic heterocycles. The molecule has 4 rings (SSSR count). The first kappa shape index (κ1) is 24.0. The van der Waals surface area contributed by atoms with Gasteiger partial charge in [0.05, 0.1) is 22.7 Å². The monoisotopic (exact) mass is 498 g/mol. The molecule has 4 nitrogen and oxygen atoms in total. The molecule has 0 spiro atoms. The number of amides is 2. The van der Waals surface area contributed by atoms with E-state index in [0.29, 0.717) is 38.8 Å². The largest absolute Gasteiger partial charge is 0.303 e. The van der Waals surface area contributed by atoms with Gasteiger partial charge in [0.1, 0.15) is 4.32 Å². The van der Waals surface area contributed by atoms with Gasteiger partial charge < -0.3 is 4.90 Å². The Bertz CT molecular complexity index is 1130. The molecule has 7 heteroatoms. The summed E-state index contributed by atoms with van der Waals surface area (Å²) in [6, 6.07) is 15.1. The Kier molecular flexibility index (Phi) is 7.57. The number of halogens is 1. The number of thioether (sulfide) groups is 1. The molecular weight excluding hydrogens is 472 g/mol. The fourth-order valence-corrected chi connectivity index (χ4v) is 5.88. The number of hydrogen-bond donors (Lipinski definition) is 0. The molecule has 172 valence electrons. The standard InChI is InChI=1S/C26H27ClN2O2S2/c1-3-5-10-17(4-2)15-29-25(31)23(33-26(29)32)22-19-12-7-9-14-21(19)28(24(22)30)16-18-11-6-8-13-20(18)27/h6-9,11-14,17H,3-5,10,15-16H2,1-2H3/b23-22-/t17-/m1/s1. The number of rotatable bonds is 8. The van der Waals surface area contributed by atoms with Crippen molar-refractivity contribution in [2.24, 2.45) is 5.92 Å². The van der Waals surface area contributed by atoms with Crippen LogP contribution in [0.3, 0.4) is 0 Å². The maximum atomic E-state index is 13.6. The second kappa shape index (κ2) is 10.4. The first-order valence-electron chi connectivity index (χ1n) is 11.4. The van der Waals surface area contributed by atoms with E-state index in [1.807, 2.05) is 48.5 Å². The van der Waals surface area contributed by atoms with Crippen LogP contribution in [-0.2, 0) is 16.1 Å². The van der Waals surface area contributed by atoms with Crippen LogP contribution in [0.4, 0.5) is 5.69 Å². The van der Waals surface area contributed by atoms with Gasteiger partial charge in [-0.05, 0) is 30.0 Å². The van der Waals surface area contributed by atoms with Gasteiger partial charge in [0.25, 0.3) is 11.8 Å². The van der Waals surface area contributed by atoms with E-state index in [2.05, 4.69) is 13.8 Å². The van der Waals surface area contributed by atoms with Gasteiger partial charge in [0, 0.05) is 17.1 Å². The first-order chi connectivity index (χ1) is 16.0. The van der Waals surface area contributed by atoms with Crippen LogP contribution in [0.5, 0.6) is 0 Å². The highest BCUT2D eigenvalue weighted by Crippen LogP contribution is 2.45. The number of carbonyl (C=O) groups is 2. The number of anilines is 1. The molecule has 0 N–H and O–H groups in total. The lowest BCUT2D eigenvalue weighted by molar-refractivity contribution is -0.123. The summed E-state index contributed by atoms with van der Waals surface area (Å²) in [5.74, 6) is 0.0624. The molecule has 0 radical (unpaired) electrons. The van der Waals surface area contributed by atoms with E-state index in [9.17, 15) is 9.59 Å². The number of para-hydroxylation sites is 1. The topological polar surface area (TPSA) is 40.6 Å². The van der Waals surface area contributed by atoms with Crippen LogP contribution in [0.25, 0.3) is 5.57 Å². The molecule has 1 atom stereocenters. The number of thiocarbonyl (C=S) groups is 1. The Morgan fingerprint density at radius 3 is 2.45 bits per heavy atom. The molecule has 2 aromatic rings. The van der Waals surface area contributed by atoms with Crippen molar-refractivity contribution in [1.82, 2.24) is 4.90 Å². The van der Waals surface area contributed by atoms with Crippen molar-refractivity contribution >= 4 is 63.0 Å². The summed E-state index contributed by atoms with van der Waals surface area (Å²) in [5, 5.41) is 0.611. The van der Waals surface area contributed by atoms with Crippen molar-refractivity contribution in [3.8, 4) is 0 Å². The molecule has 0 saturated carbocycles. The fourth-order valence-electron chi connectivity index (χ4n) is 4.34. The van der Waals surface area contributed by atoms with Crippen molar-refractivity contribution in [1.29, 1.82) is 0 Å². The van der Waals surface area contributed by atoms with Crippen LogP contribution in [-0.4, -0.2) is 27.6 Å². The maximum absolute atomic E-state index is 13.6. The zero-order valence-corrected chi connectivity index (χ0v) is 21.2. The molecule has 0 aliphatic carbocycles. The first-order valence-corrected chi connectivity index (χ1v) is 13.0. The number of carbonyl (C=O) groups excluding carboxylic acids is 2. The molecule has 2 amide bonds. The molecule has 2 aromatic carbocycles. The minimum atomic E-state index is -0.186. The van der Waals surface area contributed by atoms with Crippen LogP contribution in [0.2, 0.25) is 5.02 Å². The molecule has 1 fully saturated rings. The van der Waals surface area contributed by atoms with Gasteiger partial charge >= 0.3 is 0 Å². The summed E-state index contributed by atoms with van der Waals surface area (Å²) in [6.07, 6.45) is 4.34. The number of unbranched alkanes of at least 4 members (excludes halogenated alkanes) is 1. The highest BCUT2D eigenvalue weighted by Gasteiger charge is 2.42. The third-order valence-electron chi connectivity index (χ3n) is 6.27. The van der Waals surface area contributed by atoms with E-state index in [4.69, 9.17) is 23.8 Å². The molecule has 0 unspecified atom stereocenters. The number of benzene rings is 2. The summed E-state index contributed by atoms with van der Waals surface area (Å²) in [6.45, 7) is 5.28. The summed E-state index contributed by atoms with van der Waals surface area (Å²) in [5.41, 5.74) is 2.86. The van der Waals surface area contributed by atoms with Crippen LogP contribution < -0.4 is 4.90 Å². The number of fused-ring (bicyclic) bond motifs is 1.